The second-order valence-electron chi connectivity index (χ2n) is 6.32. The van der Waals surface area contributed by atoms with E-state index >= 15 is 0 Å². The maximum atomic E-state index is 13.6. The molecular formula is C18H9BrCl2IN3O. The highest BCUT2D eigenvalue weighted by atomic mass is 127. The van der Waals surface area contributed by atoms with Crippen molar-refractivity contribution in [3.05, 3.63) is 71.9 Å². The second kappa shape index (κ2) is 5.70. The monoisotopic (exact) mass is 559 g/mol. The van der Waals surface area contributed by atoms with Gasteiger partial charge in [0, 0.05) is 20.9 Å². The summed E-state index contributed by atoms with van der Waals surface area (Å²) in [6.45, 7) is 0. The van der Waals surface area contributed by atoms with Crippen molar-refractivity contribution in [2.24, 2.45) is 0 Å². The molecule has 1 spiro atoms. The van der Waals surface area contributed by atoms with Crippen LogP contribution in [0, 0.1) is 3.70 Å². The van der Waals surface area contributed by atoms with E-state index < -0.39 is 5.54 Å². The number of hydrogen-bond donors (Lipinski definition) is 0. The van der Waals surface area contributed by atoms with Gasteiger partial charge in [-0.1, -0.05) is 45.2 Å². The lowest BCUT2D eigenvalue weighted by atomic mass is 9.70. The average molecular weight is 561 g/mol. The number of imidazole rings is 1. The van der Waals surface area contributed by atoms with Gasteiger partial charge in [0.15, 0.2) is 5.54 Å². The molecule has 0 saturated carbocycles. The SMILES string of the molecule is O=C1N(c2cc(Cl)cc(Cl)c2)c2ncc(I)n2[C@]12Cc1ccc(Br)cc12. The van der Waals surface area contributed by atoms with Gasteiger partial charge in [-0.25, -0.2) is 9.88 Å². The van der Waals surface area contributed by atoms with Crippen molar-refractivity contribution in [3.63, 3.8) is 0 Å². The highest BCUT2D eigenvalue weighted by molar-refractivity contribution is 14.1. The number of carbonyl (C=O) groups excluding carboxylic acids is 1. The molecule has 0 fully saturated rings. The number of anilines is 2. The summed E-state index contributed by atoms with van der Waals surface area (Å²) in [5.74, 6) is 0.547. The molecule has 0 radical (unpaired) electrons. The summed E-state index contributed by atoms with van der Waals surface area (Å²) >= 11 is 18.1. The maximum Gasteiger partial charge on any atom is 0.265 e. The minimum Gasteiger partial charge on any atom is -0.285 e. The number of aromatic nitrogens is 2. The summed E-state index contributed by atoms with van der Waals surface area (Å²) in [7, 11) is 0. The third kappa shape index (κ3) is 2.13. The summed E-state index contributed by atoms with van der Waals surface area (Å²) in [6, 6.07) is 11.2. The van der Waals surface area contributed by atoms with Crippen LogP contribution in [-0.2, 0) is 16.8 Å². The van der Waals surface area contributed by atoms with Crippen LogP contribution in [0.1, 0.15) is 11.1 Å². The molecule has 2 heterocycles. The second-order valence-corrected chi connectivity index (χ2v) is 9.22. The molecule has 0 bridgehead atoms. The first-order chi connectivity index (χ1) is 12.4. The molecule has 26 heavy (non-hydrogen) atoms. The van der Waals surface area contributed by atoms with Crippen LogP contribution in [0.15, 0.2) is 47.1 Å². The lowest BCUT2D eigenvalue weighted by Crippen LogP contribution is -2.51. The Kier molecular flexibility index (Phi) is 3.74. The number of fused-ring (bicyclic) bond motifs is 4. The molecule has 8 heteroatoms. The summed E-state index contributed by atoms with van der Waals surface area (Å²) < 4.78 is 3.87. The van der Waals surface area contributed by atoms with E-state index in [2.05, 4.69) is 49.6 Å². The lowest BCUT2D eigenvalue weighted by molar-refractivity contribution is -0.123. The molecule has 1 amide bonds. The Balaban J connectivity index is 1.76. The number of rotatable bonds is 1. The van der Waals surface area contributed by atoms with E-state index in [-0.39, 0.29) is 5.91 Å². The van der Waals surface area contributed by atoms with E-state index in [1.165, 1.54) is 5.56 Å². The quantitative estimate of drug-likeness (QED) is 0.367. The Morgan fingerprint density at radius 3 is 2.62 bits per heavy atom. The lowest BCUT2D eigenvalue weighted by Gasteiger charge is -2.40. The van der Waals surface area contributed by atoms with Crippen LogP contribution < -0.4 is 4.90 Å². The van der Waals surface area contributed by atoms with Crippen LogP contribution in [0.3, 0.4) is 0 Å². The van der Waals surface area contributed by atoms with Gasteiger partial charge in [-0.2, -0.15) is 0 Å². The van der Waals surface area contributed by atoms with Crippen molar-refractivity contribution >= 4 is 79.3 Å². The number of amides is 1. The fraction of sp³-hybridized carbons (Fsp3) is 0.111. The fourth-order valence-electron chi connectivity index (χ4n) is 3.85. The van der Waals surface area contributed by atoms with Crippen molar-refractivity contribution in [3.8, 4) is 0 Å². The number of nitrogens with zero attached hydrogens (tertiary/aromatic N) is 3. The first-order valence-electron chi connectivity index (χ1n) is 7.75. The molecule has 1 aliphatic heterocycles. The van der Waals surface area contributed by atoms with Crippen molar-refractivity contribution in [1.82, 2.24) is 9.55 Å². The molecule has 3 aromatic rings. The van der Waals surface area contributed by atoms with Crippen molar-refractivity contribution in [1.29, 1.82) is 0 Å². The van der Waals surface area contributed by atoms with Crippen molar-refractivity contribution in [2.75, 3.05) is 4.90 Å². The van der Waals surface area contributed by atoms with Crippen LogP contribution in [0.25, 0.3) is 0 Å². The van der Waals surface area contributed by atoms with E-state index in [1.807, 2.05) is 16.7 Å². The molecule has 1 aliphatic carbocycles. The number of carbonyl (C=O) groups is 1. The Morgan fingerprint density at radius 1 is 1.15 bits per heavy atom. The zero-order valence-electron chi connectivity index (χ0n) is 13.0. The Hall–Kier alpha value is -1.09. The topological polar surface area (TPSA) is 38.1 Å². The molecule has 1 aromatic heterocycles. The normalized spacial score (nSPS) is 20.3. The van der Waals surface area contributed by atoms with Crippen LogP contribution >= 0.6 is 61.7 Å². The molecule has 4 nitrogen and oxygen atoms in total. The van der Waals surface area contributed by atoms with E-state index in [1.54, 1.807) is 29.3 Å². The van der Waals surface area contributed by atoms with Gasteiger partial charge in [0.05, 0.1) is 11.9 Å². The van der Waals surface area contributed by atoms with Gasteiger partial charge in [0.25, 0.3) is 5.91 Å². The largest absolute Gasteiger partial charge is 0.285 e. The average Bonchev–Trinajstić information content (AvgIpc) is 3.05. The molecule has 0 unspecified atom stereocenters. The van der Waals surface area contributed by atoms with Crippen molar-refractivity contribution in [2.45, 2.75) is 12.0 Å². The van der Waals surface area contributed by atoms with E-state index in [4.69, 9.17) is 23.2 Å². The molecule has 2 aliphatic rings. The fourth-order valence-corrected chi connectivity index (χ4v) is 5.49. The smallest absolute Gasteiger partial charge is 0.265 e. The number of benzene rings is 2. The molecular weight excluding hydrogens is 552 g/mol. The number of halogens is 4. The predicted octanol–water partition coefficient (Wildman–Crippen LogP) is 5.54. The summed E-state index contributed by atoms with van der Waals surface area (Å²) in [6.07, 6.45) is 2.41. The summed E-state index contributed by atoms with van der Waals surface area (Å²) in [5.41, 5.74) is 2.03. The van der Waals surface area contributed by atoms with Gasteiger partial charge in [-0.15, -0.1) is 0 Å². The van der Waals surface area contributed by atoms with Gasteiger partial charge < -0.3 is 0 Å². The van der Waals surface area contributed by atoms with Gasteiger partial charge in [0.2, 0.25) is 5.95 Å². The van der Waals surface area contributed by atoms with Crippen LogP contribution in [0.2, 0.25) is 10.0 Å². The molecule has 5 rings (SSSR count). The minimum absolute atomic E-state index is 0.0394. The summed E-state index contributed by atoms with van der Waals surface area (Å²) in [4.78, 5) is 19.8. The van der Waals surface area contributed by atoms with Crippen LogP contribution in [0.4, 0.5) is 11.6 Å². The molecule has 1 atom stereocenters. The standard InChI is InChI=1S/C18H9BrCl2IN3O/c19-10-2-1-9-7-18(14(9)3-10)16(26)24(17-23-8-15(22)25(17)18)13-5-11(20)4-12(21)6-13/h1-6,8H,7H2/t18-/m0/s1. The molecule has 0 saturated heterocycles. The maximum absolute atomic E-state index is 13.6. The third-order valence-electron chi connectivity index (χ3n) is 4.91. The molecule has 2 aromatic carbocycles. The summed E-state index contributed by atoms with van der Waals surface area (Å²) in [5, 5.41) is 0.955. The third-order valence-corrected chi connectivity index (χ3v) is 6.60. The van der Waals surface area contributed by atoms with Crippen LogP contribution in [-0.4, -0.2) is 15.5 Å². The van der Waals surface area contributed by atoms with Gasteiger partial charge in [-0.3, -0.25) is 9.36 Å². The van der Waals surface area contributed by atoms with Gasteiger partial charge in [-0.05, 0) is 64.0 Å². The van der Waals surface area contributed by atoms with E-state index in [0.29, 0.717) is 28.1 Å². The van der Waals surface area contributed by atoms with E-state index in [9.17, 15) is 4.79 Å². The minimum atomic E-state index is -0.768. The molecule has 0 N–H and O–H groups in total. The van der Waals surface area contributed by atoms with Gasteiger partial charge in [0.1, 0.15) is 3.70 Å². The van der Waals surface area contributed by atoms with Crippen molar-refractivity contribution < 1.29 is 4.79 Å². The zero-order valence-corrected chi connectivity index (χ0v) is 18.3. The first-order valence-corrected chi connectivity index (χ1v) is 10.4. The Labute approximate surface area is 181 Å². The van der Waals surface area contributed by atoms with Crippen LogP contribution in [0.5, 0.6) is 0 Å². The number of hydrogen-bond acceptors (Lipinski definition) is 2. The first kappa shape index (κ1) is 17.0. The zero-order chi connectivity index (χ0) is 18.2. The Bertz CT molecular complexity index is 1100. The van der Waals surface area contributed by atoms with E-state index in [0.717, 1.165) is 13.7 Å². The predicted molar refractivity (Wildman–Crippen MR) is 113 cm³/mol. The molecule has 130 valence electrons. The Morgan fingerprint density at radius 2 is 1.88 bits per heavy atom. The highest BCUT2D eigenvalue weighted by Gasteiger charge is 2.59. The van der Waals surface area contributed by atoms with Gasteiger partial charge >= 0.3 is 0 Å². The highest BCUT2D eigenvalue weighted by Crippen LogP contribution is 2.53.